The largest absolute Gasteiger partial charge is 0.479 e. The molecule has 108 valence electrons. The molecule has 0 aromatic carbocycles. The number of aliphatic hydroxyl groups excluding tert-OH is 1. The molecule has 0 aliphatic heterocycles. The fourth-order valence-corrected chi connectivity index (χ4v) is 2.39. The average Bonchev–Trinajstić information content (AvgIpc) is 2.14. The summed E-state index contributed by atoms with van der Waals surface area (Å²) in [6, 6.07) is 0. The van der Waals surface area contributed by atoms with Gasteiger partial charge in [0.1, 0.15) is 5.85 Å². The van der Waals surface area contributed by atoms with Gasteiger partial charge >= 0.3 is 5.97 Å². The van der Waals surface area contributed by atoms with Gasteiger partial charge in [-0.2, -0.15) is 0 Å². The Kier molecular flexibility index (Phi) is 7.90. The number of hydrogen-bond donors (Lipinski definition) is 3. The van der Waals surface area contributed by atoms with Crippen molar-refractivity contribution in [2.45, 2.75) is 51.2 Å². The first-order chi connectivity index (χ1) is 8.16. The molecule has 0 heterocycles. The predicted molar refractivity (Wildman–Crippen MR) is 69.0 cm³/mol. The van der Waals surface area contributed by atoms with Crippen LogP contribution in [-0.2, 0) is 14.3 Å². The molecule has 0 spiro atoms. The third-order valence-electron chi connectivity index (χ3n) is 2.21. The fourth-order valence-electron chi connectivity index (χ4n) is 1.48. The lowest BCUT2D eigenvalue weighted by Crippen LogP contribution is -2.42. The summed E-state index contributed by atoms with van der Waals surface area (Å²) in [7, 11) is -0.847. The van der Waals surface area contributed by atoms with Crippen molar-refractivity contribution < 1.29 is 29.6 Å². The Hall–Kier alpha value is -0.260. The smallest absolute Gasteiger partial charge is 0.335 e. The standard InChI is InChI=1S/C11H23O6P/c1-6(2)16-7(3)8(9(12)13)17-11(10(14)15)18(4)5/h6-8,10-11,14-15H,1-5H3,(H,12,13)/t7-,8?,11?/m0/s1. The number of rotatable bonds is 8. The summed E-state index contributed by atoms with van der Waals surface area (Å²) in [4.78, 5) is 11.1. The third kappa shape index (κ3) is 6.07. The van der Waals surface area contributed by atoms with Crippen LogP contribution in [0.4, 0.5) is 0 Å². The Morgan fingerprint density at radius 3 is 1.89 bits per heavy atom. The van der Waals surface area contributed by atoms with Crippen LogP contribution in [0.15, 0.2) is 0 Å². The van der Waals surface area contributed by atoms with E-state index in [0.29, 0.717) is 0 Å². The van der Waals surface area contributed by atoms with E-state index < -0.39 is 38.2 Å². The maximum Gasteiger partial charge on any atom is 0.335 e. The van der Waals surface area contributed by atoms with Crippen LogP contribution in [0.25, 0.3) is 0 Å². The SMILES string of the molecule is CC(C)O[C@@H](C)C(OC(C(O)O)P(C)C)C(=O)O. The summed E-state index contributed by atoms with van der Waals surface area (Å²) < 4.78 is 10.7. The molecular formula is C11H23O6P. The first-order valence-electron chi connectivity index (χ1n) is 5.73. The number of ether oxygens (including phenoxy) is 2. The van der Waals surface area contributed by atoms with Crippen LogP contribution in [0.1, 0.15) is 20.8 Å². The first kappa shape index (κ1) is 17.7. The maximum absolute atomic E-state index is 11.1. The van der Waals surface area contributed by atoms with Crippen molar-refractivity contribution >= 4 is 13.9 Å². The van der Waals surface area contributed by atoms with Crippen LogP contribution >= 0.6 is 7.92 Å². The summed E-state index contributed by atoms with van der Waals surface area (Å²) in [5.74, 6) is -2.08. The minimum atomic E-state index is -1.70. The lowest BCUT2D eigenvalue weighted by atomic mass is 10.2. The lowest BCUT2D eigenvalue weighted by Gasteiger charge is -2.30. The molecule has 0 fully saturated rings. The van der Waals surface area contributed by atoms with Gasteiger partial charge in [-0.05, 0) is 34.1 Å². The monoisotopic (exact) mass is 282 g/mol. The Morgan fingerprint density at radius 2 is 1.61 bits per heavy atom. The van der Waals surface area contributed by atoms with Crippen LogP contribution in [0.3, 0.4) is 0 Å². The second-order valence-corrected chi connectivity index (χ2v) is 6.99. The fraction of sp³-hybridized carbons (Fsp3) is 0.909. The molecule has 6 nitrogen and oxygen atoms in total. The van der Waals surface area contributed by atoms with Crippen molar-refractivity contribution in [2.75, 3.05) is 13.3 Å². The summed E-state index contributed by atoms with van der Waals surface area (Å²) in [6.07, 6.45) is -3.71. The van der Waals surface area contributed by atoms with Gasteiger partial charge in [0, 0.05) is 0 Å². The quantitative estimate of drug-likeness (QED) is 0.447. The van der Waals surface area contributed by atoms with E-state index in [1.807, 2.05) is 0 Å². The van der Waals surface area contributed by atoms with E-state index in [0.717, 1.165) is 0 Å². The molecule has 2 unspecified atom stereocenters. The predicted octanol–water partition coefficient (Wildman–Crippen LogP) is 0.648. The lowest BCUT2D eigenvalue weighted by molar-refractivity contribution is -0.183. The van der Waals surface area contributed by atoms with Crippen LogP contribution < -0.4 is 0 Å². The molecule has 0 saturated carbocycles. The van der Waals surface area contributed by atoms with Gasteiger partial charge in [-0.15, -0.1) is 0 Å². The van der Waals surface area contributed by atoms with E-state index in [4.69, 9.17) is 14.6 Å². The molecule has 0 aromatic heterocycles. The summed E-state index contributed by atoms with van der Waals surface area (Å²) >= 11 is 0. The van der Waals surface area contributed by atoms with Gasteiger partial charge in [0.05, 0.1) is 12.2 Å². The van der Waals surface area contributed by atoms with E-state index in [9.17, 15) is 15.0 Å². The molecule has 0 aliphatic carbocycles. The number of carboxylic acids is 1. The topological polar surface area (TPSA) is 96.2 Å². The van der Waals surface area contributed by atoms with E-state index in [1.165, 1.54) is 0 Å². The summed E-state index contributed by atoms with van der Waals surface area (Å²) in [5.41, 5.74) is 0. The van der Waals surface area contributed by atoms with Crippen molar-refractivity contribution in [2.24, 2.45) is 0 Å². The second kappa shape index (κ2) is 8.02. The van der Waals surface area contributed by atoms with Crippen molar-refractivity contribution in [3.8, 4) is 0 Å². The Bertz CT molecular complexity index is 248. The minimum absolute atomic E-state index is 0.132. The Labute approximate surface area is 109 Å². The summed E-state index contributed by atoms with van der Waals surface area (Å²) in [6.45, 7) is 8.74. The van der Waals surface area contributed by atoms with Crippen LogP contribution in [-0.4, -0.2) is 65.1 Å². The number of carbonyl (C=O) groups is 1. The van der Waals surface area contributed by atoms with E-state index in [2.05, 4.69) is 0 Å². The average molecular weight is 282 g/mol. The number of hydrogen-bond acceptors (Lipinski definition) is 5. The molecule has 0 saturated heterocycles. The van der Waals surface area contributed by atoms with Crippen LogP contribution in [0, 0.1) is 0 Å². The highest BCUT2D eigenvalue weighted by Crippen LogP contribution is 2.36. The van der Waals surface area contributed by atoms with Crippen LogP contribution in [0.5, 0.6) is 0 Å². The normalized spacial score (nSPS) is 17.2. The molecule has 7 heteroatoms. The number of aliphatic hydroxyl groups is 2. The Morgan fingerprint density at radius 1 is 1.11 bits per heavy atom. The zero-order chi connectivity index (χ0) is 14.5. The van der Waals surface area contributed by atoms with Crippen molar-refractivity contribution in [1.82, 2.24) is 0 Å². The highest BCUT2D eigenvalue weighted by molar-refractivity contribution is 7.56. The van der Waals surface area contributed by atoms with Gasteiger partial charge in [-0.3, -0.25) is 0 Å². The van der Waals surface area contributed by atoms with Gasteiger partial charge < -0.3 is 24.8 Å². The Balaban J connectivity index is 4.75. The highest BCUT2D eigenvalue weighted by atomic mass is 31.1. The molecule has 0 bridgehead atoms. The maximum atomic E-state index is 11.1. The summed E-state index contributed by atoms with van der Waals surface area (Å²) in [5, 5.41) is 27.5. The third-order valence-corrected chi connectivity index (χ3v) is 3.61. The molecule has 3 N–H and O–H groups in total. The molecular weight excluding hydrogens is 259 g/mol. The van der Waals surface area contributed by atoms with E-state index in [-0.39, 0.29) is 6.10 Å². The van der Waals surface area contributed by atoms with Crippen molar-refractivity contribution in [1.29, 1.82) is 0 Å². The zero-order valence-corrected chi connectivity index (χ0v) is 12.3. The van der Waals surface area contributed by atoms with Crippen molar-refractivity contribution in [3.63, 3.8) is 0 Å². The molecule has 0 aliphatic rings. The molecule has 18 heavy (non-hydrogen) atoms. The molecule has 0 aromatic rings. The number of carboxylic acid groups (broad SMARTS) is 1. The minimum Gasteiger partial charge on any atom is -0.479 e. The zero-order valence-electron chi connectivity index (χ0n) is 11.4. The van der Waals surface area contributed by atoms with Crippen molar-refractivity contribution in [3.05, 3.63) is 0 Å². The first-order valence-corrected chi connectivity index (χ1v) is 8.03. The van der Waals surface area contributed by atoms with Crippen LogP contribution in [0.2, 0.25) is 0 Å². The van der Waals surface area contributed by atoms with Gasteiger partial charge in [0.2, 0.25) is 0 Å². The number of aliphatic carboxylic acids is 1. The highest BCUT2D eigenvalue weighted by Gasteiger charge is 2.33. The molecule has 0 rings (SSSR count). The molecule has 3 atom stereocenters. The van der Waals surface area contributed by atoms with E-state index >= 15 is 0 Å². The van der Waals surface area contributed by atoms with Gasteiger partial charge in [-0.1, -0.05) is 7.92 Å². The van der Waals surface area contributed by atoms with Gasteiger partial charge in [0.15, 0.2) is 12.4 Å². The molecule has 0 amide bonds. The molecule has 0 radical (unpaired) electrons. The second-order valence-electron chi connectivity index (χ2n) is 4.55. The van der Waals surface area contributed by atoms with Gasteiger partial charge in [-0.25, -0.2) is 4.79 Å². The van der Waals surface area contributed by atoms with Gasteiger partial charge in [0.25, 0.3) is 0 Å². The van der Waals surface area contributed by atoms with E-state index in [1.54, 1.807) is 34.1 Å².